The van der Waals surface area contributed by atoms with Gasteiger partial charge in [-0.3, -0.25) is 0 Å². The molecule has 0 saturated heterocycles. The Morgan fingerprint density at radius 1 is 1.09 bits per heavy atom. The second-order valence-electron chi connectivity index (χ2n) is 5.20. The van der Waals surface area contributed by atoms with Gasteiger partial charge < -0.3 is 10.3 Å². The maximum absolute atomic E-state index is 13.1. The summed E-state index contributed by atoms with van der Waals surface area (Å²) in [4.78, 5) is 16.1. The Hall–Kier alpha value is -2.76. The van der Waals surface area contributed by atoms with E-state index in [0.717, 1.165) is 11.3 Å². The molecule has 0 spiro atoms. The van der Waals surface area contributed by atoms with E-state index in [1.165, 1.54) is 12.1 Å². The highest BCUT2D eigenvalue weighted by atomic mass is 19.1. The Morgan fingerprint density at radius 2 is 1.86 bits per heavy atom. The SMILES string of the molecule is CC(C)Nc1nccc(-c2nc[nH]c2-c2ccc(F)cc2)n1. The van der Waals surface area contributed by atoms with E-state index in [1.807, 2.05) is 13.8 Å². The van der Waals surface area contributed by atoms with Gasteiger partial charge in [-0.2, -0.15) is 0 Å². The molecule has 6 heteroatoms. The highest BCUT2D eigenvalue weighted by Crippen LogP contribution is 2.28. The maximum Gasteiger partial charge on any atom is 0.223 e. The van der Waals surface area contributed by atoms with Crippen molar-refractivity contribution >= 4 is 5.95 Å². The van der Waals surface area contributed by atoms with Crippen LogP contribution >= 0.6 is 0 Å². The molecular formula is C16H16FN5. The molecule has 0 atom stereocenters. The number of hydrogen-bond acceptors (Lipinski definition) is 4. The third kappa shape index (κ3) is 2.95. The summed E-state index contributed by atoms with van der Waals surface area (Å²) in [6, 6.07) is 8.30. The van der Waals surface area contributed by atoms with Crippen molar-refractivity contribution in [1.29, 1.82) is 0 Å². The van der Waals surface area contributed by atoms with Crippen LogP contribution in [0.2, 0.25) is 0 Å². The lowest BCUT2D eigenvalue weighted by atomic mass is 10.1. The first-order valence-corrected chi connectivity index (χ1v) is 7.03. The van der Waals surface area contributed by atoms with Gasteiger partial charge in [-0.15, -0.1) is 0 Å². The molecule has 0 aliphatic carbocycles. The number of imidazole rings is 1. The largest absolute Gasteiger partial charge is 0.352 e. The van der Waals surface area contributed by atoms with E-state index >= 15 is 0 Å². The molecule has 0 aliphatic rings. The summed E-state index contributed by atoms with van der Waals surface area (Å²) >= 11 is 0. The zero-order valence-electron chi connectivity index (χ0n) is 12.3. The predicted octanol–water partition coefficient (Wildman–Crippen LogP) is 3.49. The van der Waals surface area contributed by atoms with Crippen LogP contribution in [0.3, 0.4) is 0 Å². The Labute approximate surface area is 127 Å². The molecule has 2 heterocycles. The van der Waals surface area contributed by atoms with E-state index in [4.69, 9.17) is 0 Å². The summed E-state index contributed by atoms with van der Waals surface area (Å²) < 4.78 is 13.1. The van der Waals surface area contributed by atoms with Gasteiger partial charge in [0.15, 0.2) is 0 Å². The fraction of sp³-hybridized carbons (Fsp3) is 0.188. The monoisotopic (exact) mass is 297 g/mol. The lowest BCUT2D eigenvalue weighted by Gasteiger charge is -2.09. The molecule has 0 radical (unpaired) electrons. The topological polar surface area (TPSA) is 66.5 Å². The molecule has 1 aromatic carbocycles. The van der Waals surface area contributed by atoms with Crippen molar-refractivity contribution in [3.63, 3.8) is 0 Å². The van der Waals surface area contributed by atoms with Gasteiger partial charge >= 0.3 is 0 Å². The molecule has 2 aromatic heterocycles. The molecule has 0 aliphatic heterocycles. The average molecular weight is 297 g/mol. The molecule has 0 fully saturated rings. The van der Waals surface area contributed by atoms with Crippen LogP contribution in [0.1, 0.15) is 13.8 Å². The minimum Gasteiger partial charge on any atom is -0.352 e. The first-order valence-electron chi connectivity index (χ1n) is 7.03. The molecular weight excluding hydrogens is 281 g/mol. The molecule has 112 valence electrons. The molecule has 0 saturated carbocycles. The number of hydrogen-bond donors (Lipinski definition) is 2. The summed E-state index contributed by atoms with van der Waals surface area (Å²) in [5.74, 6) is 0.288. The Kier molecular flexibility index (Phi) is 3.82. The zero-order valence-corrected chi connectivity index (χ0v) is 12.3. The number of nitrogens with one attached hydrogen (secondary N) is 2. The quantitative estimate of drug-likeness (QED) is 0.773. The molecule has 2 N–H and O–H groups in total. The van der Waals surface area contributed by atoms with Gasteiger partial charge in [0.05, 0.1) is 17.7 Å². The zero-order chi connectivity index (χ0) is 15.5. The van der Waals surface area contributed by atoms with Crippen LogP contribution in [-0.2, 0) is 0 Å². The van der Waals surface area contributed by atoms with Gasteiger partial charge in [0.25, 0.3) is 0 Å². The number of aromatic amines is 1. The van der Waals surface area contributed by atoms with E-state index < -0.39 is 0 Å². The Bertz CT molecular complexity index is 764. The third-order valence-electron chi connectivity index (χ3n) is 3.09. The van der Waals surface area contributed by atoms with Crippen LogP contribution in [-0.4, -0.2) is 26.0 Å². The van der Waals surface area contributed by atoms with Crippen LogP contribution in [0.5, 0.6) is 0 Å². The van der Waals surface area contributed by atoms with E-state index in [-0.39, 0.29) is 11.9 Å². The summed E-state index contributed by atoms with van der Waals surface area (Å²) in [6.07, 6.45) is 3.29. The highest BCUT2D eigenvalue weighted by molar-refractivity contribution is 5.76. The number of anilines is 1. The van der Waals surface area contributed by atoms with Gasteiger partial charge in [0.1, 0.15) is 11.5 Å². The molecule has 0 bridgehead atoms. The second kappa shape index (κ2) is 5.93. The molecule has 3 rings (SSSR count). The number of benzene rings is 1. The van der Waals surface area contributed by atoms with Crippen LogP contribution in [0, 0.1) is 5.82 Å². The standard InChI is InChI=1S/C16H16FN5/c1-10(2)21-16-18-8-7-13(22-16)15-14(19-9-20-15)11-3-5-12(17)6-4-11/h3-10H,1-2H3,(H,19,20)(H,18,21,22). The van der Waals surface area contributed by atoms with Crippen molar-refractivity contribution in [1.82, 2.24) is 19.9 Å². The minimum absolute atomic E-state index is 0.242. The van der Waals surface area contributed by atoms with Crippen molar-refractivity contribution in [2.24, 2.45) is 0 Å². The Morgan fingerprint density at radius 3 is 2.59 bits per heavy atom. The molecule has 22 heavy (non-hydrogen) atoms. The maximum atomic E-state index is 13.1. The summed E-state index contributed by atoms with van der Waals surface area (Å²) in [5.41, 5.74) is 3.07. The molecule has 0 unspecified atom stereocenters. The molecule has 3 aromatic rings. The summed E-state index contributed by atoms with van der Waals surface area (Å²) in [6.45, 7) is 4.04. The highest BCUT2D eigenvalue weighted by Gasteiger charge is 2.13. The van der Waals surface area contributed by atoms with Gasteiger partial charge in [-0.05, 0) is 44.2 Å². The second-order valence-corrected chi connectivity index (χ2v) is 5.20. The first-order chi connectivity index (χ1) is 10.6. The van der Waals surface area contributed by atoms with Crippen molar-refractivity contribution in [3.8, 4) is 22.6 Å². The number of halogens is 1. The number of H-pyrrole nitrogens is 1. The molecule has 0 amide bonds. The summed E-state index contributed by atoms with van der Waals surface area (Å²) in [5, 5.41) is 3.16. The van der Waals surface area contributed by atoms with Crippen molar-refractivity contribution < 1.29 is 4.39 Å². The fourth-order valence-corrected chi connectivity index (χ4v) is 2.14. The van der Waals surface area contributed by atoms with E-state index in [0.29, 0.717) is 17.3 Å². The van der Waals surface area contributed by atoms with Gasteiger partial charge in [-0.25, -0.2) is 19.3 Å². The fourth-order valence-electron chi connectivity index (χ4n) is 2.14. The van der Waals surface area contributed by atoms with Gasteiger partial charge in [0, 0.05) is 17.8 Å². The molecule has 5 nitrogen and oxygen atoms in total. The van der Waals surface area contributed by atoms with Crippen molar-refractivity contribution in [3.05, 3.63) is 48.7 Å². The smallest absolute Gasteiger partial charge is 0.223 e. The first kappa shape index (κ1) is 14.2. The predicted molar refractivity (Wildman–Crippen MR) is 83.8 cm³/mol. The van der Waals surface area contributed by atoms with Crippen molar-refractivity contribution in [2.75, 3.05) is 5.32 Å². The van der Waals surface area contributed by atoms with Crippen LogP contribution in [0.15, 0.2) is 42.9 Å². The van der Waals surface area contributed by atoms with Crippen LogP contribution in [0.4, 0.5) is 10.3 Å². The average Bonchev–Trinajstić information content (AvgIpc) is 2.97. The van der Waals surface area contributed by atoms with E-state index in [2.05, 4.69) is 25.3 Å². The lowest BCUT2D eigenvalue weighted by molar-refractivity contribution is 0.628. The number of aromatic nitrogens is 4. The minimum atomic E-state index is -0.268. The van der Waals surface area contributed by atoms with E-state index in [1.54, 1.807) is 30.7 Å². The number of rotatable bonds is 4. The third-order valence-corrected chi connectivity index (χ3v) is 3.09. The van der Waals surface area contributed by atoms with Crippen LogP contribution < -0.4 is 5.32 Å². The van der Waals surface area contributed by atoms with E-state index in [9.17, 15) is 4.39 Å². The lowest BCUT2D eigenvalue weighted by Crippen LogP contribution is -2.12. The van der Waals surface area contributed by atoms with Gasteiger partial charge in [0.2, 0.25) is 5.95 Å². The number of nitrogens with zero attached hydrogens (tertiary/aromatic N) is 3. The Balaban J connectivity index is 2.00. The van der Waals surface area contributed by atoms with Crippen molar-refractivity contribution in [2.45, 2.75) is 19.9 Å². The normalized spacial score (nSPS) is 10.9. The van der Waals surface area contributed by atoms with Crippen LogP contribution in [0.25, 0.3) is 22.6 Å². The summed E-state index contributed by atoms with van der Waals surface area (Å²) in [7, 11) is 0. The van der Waals surface area contributed by atoms with Gasteiger partial charge in [-0.1, -0.05) is 0 Å².